The molecule has 0 bridgehead atoms. The number of nitriles is 1. The zero-order valence-electron chi connectivity index (χ0n) is 11.0. The van der Waals surface area contributed by atoms with Gasteiger partial charge in [0.1, 0.15) is 0 Å². The zero-order valence-corrected chi connectivity index (χ0v) is 11.8. The highest BCUT2D eigenvalue weighted by Crippen LogP contribution is 2.11. The van der Waals surface area contributed by atoms with Crippen molar-refractivity contribution in [2.24, 2.45) is 0 Å². The van der Waals surface area contributed by atoms with E-state index in [0.717, 1.165) is 24.5 Å². The monoisotopic (exact) mass is 278 g/mol. The van der Waals surface area contributed by atoms with Crippen molar-refractivity contribution in [1.29, 1.82) is 5.26 Å². The summed E-state index contributed by atoms with van der Waals surface area (Å²) in [5, 5.41) is 11.6. The van der Waals surface area contributed by atoms with Gasteiger partial charge in [-0.2, -0.15) is 17.0 Å². The summed E-state index contributed by atoms with van der Waals surface area (Å²) in [4.78, 5) is 11.7. The van der Waals surface area contributed by atoms with Gasteiger partial charge in [0.25, 0.3) is 0 Å². The molecule has 0 saturated carbocycles. The number of nitrogens with zero attached hydrogens (tertiary/aromatic N) is 1. The van der Waals surface area contributed by atoms with Crippen LogP contribution >= 0.6 is 11.8 Å². The van der Waals surface area contributed by atoms with E-state index in [9.17, 15) is 4.79 Å². The van der Waals surface area contributed by atoms with Crippen LogP contribution in [0.3, 0.4) is 0 Å². The van der Waals surface area contributed by atoms with Crippen LogP contribution < -0.4 is 5.32 Å². The van der Waals surface area contributed by atoms with Gasteiger partial charge in [-0.3, -0.25) is 4.79 Å². The van der Waals surface area contributed by atoms with Gasteiger partial charge in [-0.25, -0.2) is 0 Å². The van der Waals surface area contributed by atoms with Crippen molar-refractivity contribution < 1.29 is 9.53 Å². The summed E-state index contributed by atoms with van der Waals surface area (Å²) in [7, 11) is 1.69. The van der Waals surface area contributed by atoms with Crippen molar-refractivity contribution >= 4 is 23.4 Å². The molecule has 0 aliphatic carbocycles. The smallest absolute Gasteiger partial charge is 0.225 e. The Kier molecular flexibility index (Phi) is 7.71. The highest BCUT2D eigenvalue weighted by Gasteiger charge is 2.03. The molecule has 0 spiro atoms. The molecule has 5 heteroatoms. The number of thioether (sulfide) groups is 1. The summed E-state index contributed by atoms with van der Waals surface area (Å²) in [6.45, 7) is 0.764. The summed E-state index contributed by atoms with van der Waals surface area (Å²) < 4.78 is 4.95. The van der Waals surface area contributed by atoms with Gasteiger partial charge >= 0.3 is 0 Å². The Morgan fingerprint density at radius 2 is 2.32 bits per heavy atom. The van der Waals surface area contributed by atoms with Crippen LogP contribution in [0.15, 0.2) is 24.3 Å². The molecule has 1 amide bonds. The number of nitrogens with one attached hydrogen (secondary N) is 1. The van der Waals surface area contributed by atoms with E-state index in [0.29, 0.717) is 17.7 Å². The first-order valence-electron chi connectivity index (χ1n) is 6.13. The Labute approximate surface area is 118 Å². The van der Waals surface area contributed by atoms with Gasteiger partial charge in [0.05, 0.1) is 11.6 Å². The molecule has 1 rings (SSSR count). The van der Waals surface area contributed by atoms with E-state index < -0.39 is 0 Å². The lowest BCUT2D eigenvalue weighted by Gasteiger charge is -2.05. The summed E-state index contributed by atoms with van der Waals surface area (Å²) in [5.41, 5.74) is 1.22. The van der Waals surface area contributed by atoms with Crippen molar-refractivity contribution in [3.05, 3.63) is 29.8 Å². The van der Waals surface area contributed by atoms with Crippen molar-refractivity contribution in [3.8, 4) is 6.07 Å². The molecule has 1 aromatic carbocycles. The molecule has 0 heterocycles. The quantitative estimate of drug-likeness (QED) is 0.743. The molecular weight excluding hydrogens is 260 g/mol. The number of benzene rings is 1. The van der Waals surface area contributed by atoms with Gasteiger partial charge in [-0.05, 0) is 30.4 Å². The minimum Gasteiger partial charge on any atom is -0.385 e. The molecule has 102 valence electrons. The largest absolute Gasteiger partial charge is 0.385 e. The first-order chi connectivity index (χ1) is 9.26. The Balaban J connectivity index is 2.22. The van der Waals surface area contributed by atoms with E-state index in [1.807, 2.05) is 6.07 Å². The van der Waals surface area contributed by atoms with E-state index >= 15 is 0 Å². The van der Waals surface area contributed by atoms with Crippen LogP contribution in [-0.2, 0) is 9.53 Å². The second kappa shape index (κ2) is 9.42. The third-order valence-electron chi connectivity index (χ3n) is 2.39. The summed E-state index contributed by atoms with van der Waals surface area (Å²) in [6, 6.07) is 8.96. The summed E-state index contributed by atoms with van der Waals surface area (Å²) in [5.74, 6) is 1.78. The normalized spacial score (nSPS) is 9.89. The molecule has 4 nitrogen and oxygen atoms in total. The minimum atomic E-state index is -0.0191. The lowest BCUT2D eigenvalue weighted by atomic mass is 10.2. The van der Waals surface area contributed by atoms with Crippen molar-refractivity contribution in [2.45, 2.75) is 12.8 Å². The number of rotatable bonds is 8. The molecular formula is C14H18N2O2S. The SMILES string of the molecule is COCCCSCCC(=O)Nc1cccc(C#N)c1. The van der Waals surface area contributed by atoms with Crippen LogP contribution in [0.4, 0.5) is 5.69 Å². The van der Waals surface area contributed by atoms with Crippen molar-refractivity contribution in [2.75, 3.05) is 30.5 Å². The van der Waals surface area contributed by atoms with Crippen LogP contribution in [0, 0.1) is 11.3 Å². The van der Waals surface area contributed by atoms with Crippen LogP contribution in [-0.4, -0.2) is 31.1 Å². The zero-order chi connectivity index (χ0) is 13.9. The van der Waals surface area contributed by atoms with Crippen LogP contribution in [0.25, 0.3) is 0 Å². The highest BCUT2D eigenvalue weighted by atomic mass is 32.2. The Hall–Kier alpha value is -1.51. The Bertz CT molecular complexity index is 443. The maximum absolute atomic E-state index is 11.7. The number of hydrogen-bond acceptors (Lipinski definition) is 4. The first-order valence-corrected chi connectivity index (χ1v) is 7.28. The molecule has 0 aliphatic rings. The maximum atomic E-state index is 11.7. The van der Waals surface area contributed by atoms with E-state index in [2.05, 4.69) is 5.32 Å². The van der Waals surface area contributed by atoms with Gasteiger partial charge < -0.3 is 10.1 Å². The van der Waals surface area contributed by atoms with Gasteiger partial charge in [-0.1, -0.05) is 6.07 Å². The van der Waals surface area contributed by atoms with Gasteiger partial charge in [-0.15, -0.1) is 0 Å². The number of hydrogen-bond donors (Lipinski definition) is 1. The maximum Gasteiger partial charge on any atom is 0.225 e. The molecule has 1 N–H and O–H groups in total. The average molecular weight is 278 g/mol. The number of ether oxygens (including phenoxy) is 1. The summed E-state index contributed by atoms with van der Waals surface area (Å²) >= 11 is 1.75. The molecule has 0 aromatic heterocycles. The second-order valence-corrected chi connectivity index (χ2v) is 5.17. The highest BCUT2D eigenvalue weighted by molar-refractivity contribution is 7.99. The van der Waals surface area contributed by atoms with E-state index in [-0.39, 0.29) is 5.91 Å². The lowest BCUT2D eigenvalue weighted by molar-refractivity contribution is -0.115. The predicted octanol–water partition coefficient (Wildman–Crippen LogP) is 2.66. The molecule has 1 aromatic rings. The molecule has 0 aliphatic heterocycles. The summed E-state index contributed by atoms with van der Waals surface area (Å²) in [6.07, 6.45) is 1.49. The predicted molar refractivity (Wildman–Crippen MR) is 78.2 cm³/mol. The topological polar surface area (TPSA) is 62.1 Å². The fourth-order valence-electron chi connectivity index (χ4n) is 1.46. The van der Waals surface area contributed by atoms with E-state index in [1.54, 1.807) is 43.1 Å². The third kappa shape index (κ3) is 6.85. The molecule has 0 fully saturated rings. The molecule has 0 saturated heterocycles. The second-order valence-electron chi connectivity index (χ2n) is 3.95. The van der Waals surface area contributed by atoms with Crippen molar-refractivity contribution in [3.63, 3.8) is 0 Å². The van der Waals surface area contributed by atoms with E-state index in [1.165, 1.54) is 0 Å². The van der Waals surface area contributed by atoms with Crippen LogP contribution in [0.1, 0.15) is 18.4 Å². The first kappa shape index (κ1) is 15.5. The Morgan fingerprint density at radius 3 is 3.05 bits per heavy atom. The fourth-order valence-corrected chi connectivity index (χ4v) is 2.32. The average Bonchev–Trinajstić information content (AvgIpc) is 2.43. The molecule has 19 heavy (non-hydrogen) atoms. The fraction of sp³-hybridized carbons (Fsp3) is 0.429. The number of carbonyl (C=O) groups excluding carboxylic acids is 1. The Morgan fingerprint density at radius 1 is 1.47 bits per heavy atom. The van der Waals surface area contributed by atoms with Gasteiger partial charge in [0.15, 0.2) is 0 Å². The minimum absolute atomic E-state index is 0.0191. The molecule has 0 atom stereocenters. The standard InChI is InChI=1S/C14H18N2O2S/c1-18-7-3-8-19-9-6-14(17)16-13-5-2-4-12(10-13)11-15/h2,4-5,10H,3,6-9H2,1H3,(H,16,17). The van der Waals surface area contributed by atoms with E-state index in [4.69, 9.17) is 10.00 Å². The number of anilines is 1. The van der Waals surface area contributed by atoms with Gasteiger partial charge in [0.2, 0.25) is 5.91 Å². The van der Waals surface area contributed by atoms with Crippen molar-refractivity contribution in [1.82, 2.24) is 0 Å². The third-order valence-corrected chi connectivity index (χ3v) is 3.46. The van der Waals surface area contributed by atoms with Crippen LogP contribution in [0.5, 0.6) is 0 Å². The van der Waals surface area contributed by atoms with Crippen LogP contribution in [0.2, 0.25) is 0 Å². The number of carbonyl (C=O) groups is 1. The number of amides is 1. The molecule has 0 radical (unpaired) electrons. The van der Waals surface area contributed by atoms with Gasteiger partial charge in [0, 0.05) is 31.6 Å². The number of methoxy groups -OCH3 is 1. The molecule has 0 unspecified atom stereocenters. The lowest BCUT2D eigenvalue weighted by Crippen LogP contribution is -2.12.